The number of thiazole rings is 1. The second kappa shape index (κ2) is 9.23. The zero-order chi connectivity index (χ0) is 21.7. The summed E-state index contributed by atoms with van der Waals surface area (Å²) >= 11 is 1.39. The first-order chi connectivity index (χ1) is 14.5. The molecule has 30 heavy (non-hydrogen) atoms. The molecular weight excluding hydrogens is 408 g/mol. The molecule has 0 radical (unpaired) electrons. The van der Waals surface area contributed by atoms with Crippen molar-refractivity contribution < 1.29 is 19.1 Å². The highest BCUT2D eigenvalue weighted by Crippen LogP contribution is 2.33. The number of aromatic nitrogens is 1. The molecule has 1 aromatic heterocycles. The van der Waals surface area contributed by atoms with E-state index in [1.165, 1.54) is 24.5 Å². The summed E-state index contributed by atoms with van der Waals surface area (Å²) < 4.78 is 15.6. The van der Waals surface area contributed by atoms with Gasteiger partial charge < -0.3 is 14.2 Å². The van der Waals surface area contributed by atoms with E-state index in [1.54, 1.807) is 33.3 Å². The van der Waals surface area contributed by atoms with Gasteiger partial charge in [-0.3, -0.25) is 15.5 Å². The van der Waals surface area contributed by atoms with E-state index >= 15 is 0 Å². The molecule has 3 aromatic rings. The van der Waals surface area contributed by atoms with Crippen molar-refractivity contribution in [2.45, 2.75) is 6.92 Å². The van der Waals surface area contributed by atoms with Crippen LogP contribution in [-0.4, -0.2) is 36.9 Å². The van der Waals surface area contributed by atoms with E-state index in [2.05, 4.69) is 15.5 Å². The predicted octanol–water partition coefficient (Wildman–Crippen LogP) is 4.58. The molecular formula is C20H20N4O5S. The monoisotopic (exact) mass is 428 g/mol. The minimum Gasteiger partial charge on any atom is -0.493 e. The molecule has 3 rings (SSSR count). The molecule has 0 fully saturated rings. The van der Waals surface area contributed by atoms with E-state index in [-0.39, 0.29) is 11.4 Å². The standard InChI is InChI=1S/C20H20N4O5S/c1-12(13-5-7-17(27-2)16(9-13)24(25)26)22-23-20-21-15(11-30-20)14-6-8-18(28-3)19(10-14)29-4/h5-11H,1-4H3,(H,21,23). The van der Waals surface area contributed by atoms with Gasteiger partial charge in [-0.15, -0.1) is 11.3 Å². The van der Waals surface area contributed by atoms with Gasteiger partial charge in [-0.2, -0.15) is 5.10 Å². The summed E-state index contributed by atoms with van der Waals surface area (Å²) in [6.07, 6.45) is 0. The number of ether oxygens (including phenoxy) is 3. The van der Waals surface area contributed by atoms with Crippen LogP contribution in [0.15, 0.2) is 46.9 Å². The number of hydrazone groups is 1. The molecule has 0 saturated carbocycles. The maximum absolute atomic E-state index is 11.2. The first kappa shape index (κ1) is 21.1. The smallest absolute Gasteiger partial charge is 0.311 e. The second-order valence-electron chi connectivity index (χ2n) is 6.06. The Kier molecular flexibility index (Phi) is 6.48. The van der Waals surface area contributed by atoms with Crippen LogP contribution >= 0.6 is 11.3 Å². The third kappa shape index (κ3) is 4.49. The number of hydrogen-bond acceptors (Lipinski definition) is 9. The Morgan fingerprint density at radius 1 is 1.07 bits per heavy atom. The molecule has 0 aliphatic heterocycles. The molecule has 0 aliphatic carbocycles. The Hall–Kier alpha value is -3.66. The number of hydrogen-bond donors (Lipinski definition) is 1. The lowest BCUT2D eigenvalue weighted by molar-refractivity contribution is -0.385. The van der Waals surface area contributed by atoms with Gasteiger partial charge in [0.2, 0.25) is 5.13 Å². The zero-order valence-corrected chi connectivity index (χ0v) is 17.6. The van der Waals surface area contributed by atoms with Gasteiger partial charge in [0.15, 0.2) is 17.2 Å². The summed E-state index contributed by atoms with van der Waals surface area (Å²) in [5.74, 6) is 1.46. The summed E-state index contributed by atoms with van der Waals surface area (Å²) in [6, 6.07) is 10.2. The van der Waals surface area contributed by atoms with Crippen molar-refractivity contribution in [2.24, 2.45) is 5.10 Å². The number of nitro groups is 1. The maximum atomic E-state index is 11.2. The Morgan fingerprint density at radius 3 is 2.43 bits per heavy atom. The van der Waals surface area contributed by atoms with Crippen molar-refractivity contribution in [3.05, 3.63) is 57.5 Å². The quantitative estimate of drug-likeness (QED) is 0.318. The molecule has 0 saturated heterocycles. The van der Waals surface area contributed by atoms with Gasteiger partial charge in [0.1, 0.15) is 0 Å². The lowest BCUT2D eigenvalue weighted by atomic mass is 10.1. The second-order valence-corrected chi connectivity index (χ2v) is 6.92. The van der Waals surface area contributed by atoms with E-state index in [4.69, 9.17) is 14.2 Å². The van der Waals surface area contributed by atoms with Crippen LogP contribution in [0.1, 0.15) is 12.5 Å². The molecule has 0 amide bonds. The number of benzene rings is 2. The minimum atomic E-state index is -0.487. The highest BCUT2D eigenvalue weighted by molar-refractivity contribution is 7.14. The summed E-state index contributed by atoms with van der Waals surface area (Å²) in [6.45, 7) is 1.75. The normalized spacial score (nSPS) is 11.1. The maximum Gasteiger partial charge on any atom is 0.311 e. The molecule has 0 atom stereocenters. The van der Waals surface area contributed by atoms with Crippen molar-refractivity contribution in [3.8, 4) is 28.5 Å². The average Bonchev–Trinajstić information content (AvgIpc) is 3.25. The third-order valence-corrected chi connectivity index (χ3v) is 5.04. The van der Waals surface area contributed by atoms with E-state index in [9.17, 15) is 10.1 Å². The molecule has 10 heteroatoms. The van der Waals surface area contributed by atoms with Crippen molar-refractivity contribution >= 4 is 27.9 Å². The molecule has 0 spiro atoms. The summed E-state index contributed by atoms with van der Waals surface area (Å²) in [5, 5.41) is 18.0. The third-order valence-electron chi connectivity index (χ3n) is 4.30. The summed E-state index contributed by atoms with van der Waals surface area (Å²) in [7, 11) is 4.56. The van der Waals surface area contributed by atoms with E-state index in [0.717, 1.165) is 11.3 Å². The van der Waals surface area contributed by atoms with Crippen molar-refractivity contribution in [2.75, 3.05) is 26.8 Å². The number of nitrogens with zero attached hydrogens (tertiary/aromatic N) is 3. The fraction of sp³-hybridized carbons (Fsp3) is 0.200. The van der Waals surface area contributed by atoms with Gasteiger partial charge in [0, 0.05) is 22.6 Å². The van der Waals surface area contributed by atoms with Crippen LogP contribution in [-0.2, 0) is 0 Å². The number of nitrogens with one attached hydrogen (secondary N) is 1. The number of methoxy groups -OCH3 is 3. The van der Waals surface area contributed by atoms with E-state index in [0.29, 0.717) is 27.9 Å². The van der Waals surface area contributed by atoms with Gasteiger partial charge in [0.25, 0.3) is 0 Å². The summed E-state index contributed by atoms with van der Waals surface area (Å²) in [4.78, 5) is 15.2. The van der Waals surface area contributed by atoms with Gasteiger partial charge in [-0.25, -0.2) is 4.98 Å². The van der Waals surface area contributed by atoms with Gasteiger partial charge >= 0.3 is 5.69 Å². The Labute approximate surface area is 177 Å². The molecule has 1 N–H and O–H groups in total. The number of nitro benzene ring substituents is 1. The topological polar surface area (TPSA) is 108 Å². The van der Waals surface area contributed by atoms with Gasteiger partial charge in [-0.05, 0) is 37.3 Å². The highest BCUT2D eigenvalue weighted by atomic mass is 32.1. The van der Waals surface area contributed by atoms with Crippen LogP contribution in [0, 0.1) is 10.1 Å². The SMILES string of the molecule is COc1ccc(-c2csc(NN=C(C)c3ccc(OC)c([N+](=O)[O-])c3)n2)cc1OC. The molecule has 0 aliphatic rings. The Morgan fingerprint density at radius 2 is 1.77 bits per heavy atom. The lowest BCUT2D eigenvalue weighted by Gasteiger charge is -2.08. The fourth-order valence-electron chi connectivity index (χ4n) is 2.71. The van der Waals surface area contributed by atoms with Gasteiger partial charge in [0.05, 0.1) is 37.7 Å². The predicted molar refractivity (Wildman–Crippen MR) is 116 cm³/mol. The number of rotatable bonds is 8. The fourth-order valence-corrected chi connectivity index (χ4v) is 3.37. The largest absolute Gasteiger partial charge is 0.493 e. The lowest BCUT2D eigenvalue weighted by Crippen LogP contribution is -2.02. The van der Waals surface area contributed by atoms with E-state index in [1.807, 2.05) is 23.6 Å². The van der Waals surface area contributed by atoms with Gasteiger partial charge in [-0.1, -0.05) is 0 Å². The molecule has 9 nitrogen and oxygen atoms in total. The van der Waals surface area contributed by atoms with Crippen LogP contribution in [0.5, 0.6) is 17.2 Å². The molecule has 1 heterocycles. The van der Waals surface area contributed by atoms with Crippen LogP contribution in [0.2, 0.25) is 0 Å². The Bertz CT molecular complexity index is 1100. The number of anilines is 1. The minimum absolute atomic E-state index is 0.116. The first-order valence-electron chi connectivity index (χ1n) is 8.77. The molecule has 2 aromatic carbocycles. The molecule has 156 valence electrons. The summed E-state index contributed by atoms with van der Waals surface area (Å²) in [5.41, 5.74) is 5.60. The van der Waals surface area contributed by atoms with Crippen molar-refractivity contribution in [1.29, 1.82) is 0 Å². The first-order valence-corrected chi connectivity index (χ1v) is 9.65. The van der Waals surface area contributed by atoms with Crippen LogP contribution in [0.4, 0.5) is 10.8 Å². The highest BCUT2D eigenvalue weighted by Gasteiger charge is 2.16. The van der Waals surface area contributed by atoms with Crippen molar-refractivity contribution in [1.82, 2.24) is 4.98 Å². The van der Waals surface area contributed by atoms with Crippen LogP contribution in [0.3, 0.4) is 0 Å². The molecule has 0 bridgehead atoms. The van der Waals surface area contributed by atoms with Crippen molar-refractivity contribution in [3.63, 3.8) is 0 Å². The van der Waals surface area contributed by atoms with Crippen LogP contribution < -0.4 is 19.6 Å². The average molecular weight is 428 g/mol. The van der Waals surface area contributed by atoms with E-state index < -0.39 is 4.92 Å². The van der Waals surface area contributed by atoms with Crippen LogP contribution in [0.25, 0.3) is 11.3 Å². The Balaban J connectivity index is 1.79. The zero-order valence-electron chi connectivity index (χ0n) is 16.8. The molecule has 0 unspecified atom stereocenters.